The van der Waals surface area contributed by atoms with E-state index in [0.29, 0.717) is 0 Å². The van der Waals surface area contributed by atoms with Gasteiger partial charge in [-0.2, -0.15) is 0 Å². The first-order valence-corrected chi connectivity index (χ1v) is 7.72. The Labute approximate surface area is 108 Å². The van der Waals surface area contributed by atoms with Crippen molar-refractivity contribution < 1.29 is 0 Å². The lowest BCUT2D eigenvalue weighted by Crippen LogP contribution is -2.39. The topological polar surface area (TPSA) is 15.3 Å². The molecule has 1 saturated carbocycles. The summed E-state index contributed by atoms with van der Waals surface area (Å²) in [7, 11) is 0. The highest BCUT2D eigenvalue weighted by molar-refractivity contribution is 4.70. The highest BCUT2D eigenvalue weighted by atomic mass is 15.2. The van der Waals surface area contributed by atoms with E-state index in [-0.39, 0.29) is 0 Å². The van der Waals surface area contributed by atoms with Crippen LogP contribution in [0.25, 0.3) is 0 Å². The van der Waals surface area contributed by atoms with Crippen LogP contribution in [-0.2, 0) is 0 Å². The molecular weight excluding hydrogens is 208 g/mol. The van der Waals surface area contributed by atoms with E-state index in [1.807, 2.05) is 0 Å². The molecule has 102 valence electrons. The quantitative estimate of drug-likeness (QED) is 0.655. The molecule has 1 fully saturated rings. The minimum absolute atomic E-state index is 0.733. The zero-order valence-corrected chi connectivity index (χ0v) is 12.2. The van der Waals surface area contributed by atoms with Crippen LogP contribution in [0.2, 0.25) is 0 Å². The number of nitrogens with zero attached hydrogens (tertiary/aromatic N) is 1. The van der Waals surface area contributed by atoms with E-state index >= 15 is 0 Å². The molecule has 0 aromatic heterocycles. The molecule has 1 aliphatic carbocycles. The maximum absolute atomic E-state index is 3.66. The Kier molecular flexibility index (Phi) is 7.87. The van der Waals surface area contributed by atoms with Crippen molar-refractivity contribution in [1.29, 1.82) is 0 Å². The second kappa shape index (κ2) is 8.93. The highest BCUT2D eigenvalue weighted by Gasteiger charge is 2.13. The largest absolute Gasteiger partial charge is 0.315 e. The van der Waals surface area contributed by atoms with Crippen LogP contribution in [0.5, 0.6) is 0 Å². The minimum Gasteiger partial charge on any atom is -0.315 e. The van der Waals surface area contributed by atoms with Gasteiger partial charge >= 0.3 is 0 Å². The third kappa shape index (κ3) is 5.87. The molecule has 1 N–H and O–H groups in total. The number of hydrogen-bond donors (Lipinski definition) is 1. The summed E-state index contributed by atoms with van der Waals surface area (Å²) >= 11 is 0. The summed E-state index contributed by atoms with van der Waals surface area (Å²) in [6, 6.07) is 0.733. The molecule has 0 radical (unpaired) electrons. The highest BCUT2D eigenvalue weighted by Crippen LogP contribution is 2.22. The van der Waals surface area contributed by atoms with Crippen molar-refractivity contribution >= 4 is 0 Å². The van der Waals surface area contributed by atoms with Crippen molar-refractivity contribution in [2.45, 2.75) is 65.3 Å². The summed E-state index contributed by atoms with van der Waals surface area (Å²) in [5.41, 5.74) is 0. The van der Waals surface area contributed by atoms with E-state index in [9.17, 15) is 0 Å². The molecule has 1 unspecified atom stereocenters. The molecular formula is C15H32N2. The average Bonchev–Trinajstić information content (AvgIpc) is 2.39. The van der Waals surface area contributed by atoms with Crippen LogP contribution in [0.4, 0.5) is 0 Å². The molecule has 0 bridgehead atoms. The first kappa shape index (κ1) is 15.0. The number of likely N-dealkylation sites (N-methyl/N-ethyl adjacent to an activating group) is 1. The smallest absolute Gasteiger partial charge is 0.0110 e. The van der Waals surface area contributed by atoms with Gasteiger partial charge in [0.05, 0.1) is 0 Å². The van der Waals surface area contributed by atoms with Crippen molar-refractivity contribution in [1.82, 2.24) is 10.2 Å². The standard InChI is InChI=1S/C15H32N2/c1-4-14(3)17(5-2)12-11-16-13-15-9-7-6-8-10-15/h14-16H,4-13H2,1-3H3. The van der Waals surface area contributed by atoms with Gasteiger partial charge in [0.1, 0.15) is 0 Å². The third-order valence-corrected chi connectivity index (χ3v) is 4.35. The average molecular weight is 240 g/mol. The van der Waals surface area contributed by atoms with Crippen LogP contribution in [0.3, 0.4) is 0 Å². The Morgan fingerprint density at radius 3 is 2.47 bits per heavy atom. The summed E-state index contributed by atoms with van der Waals surface area (Å²) in [4.78, 5) is 2.58. The summed E-state index contributed by atoms with van der Waals surface area (Å²) in [6.07, 6.45) is 8.55. The van der Waals surface area contributed by atoms with Crippen LogP contribution in [0.1, 0.15) is 59.3 Å². The Balaban J connectivity index is 2.05. The molecule has 0 aliphatic heterocycles. The van der Waals surface area contributed by atoms with E-state index in [4.69, 9.17) is 0 Å². The number of hydrogen-bond acceptors (Lipinski definition) is 2. The predicted octanol–water partition coefficient (Wildman–Crippen LogP) is 3.28. The lowest BCUT2D eigenvalue weighted by molar-refractivity contribution is 0.212. The molecule has 2 nitrogen and oxygen atoms in total. The van der Waals surface area contributed by atoms with Gasteiger partial charge in [0.25, 0.3) is 0 Å². The fraction of sp³-hybridized carbons (Fsp3) is 1.00. The van der Waals surface area contributed by atoms with Crippen molar-refractivity contribution in [3.8, 4) is 0 Å². The van der Waals surface area contributed by atoms with Gasteiger partial charge in [0.2, 0.25) is 0 Å². The zero-order chi connectivity index (χ0) is 12.5. The summed E-state index contributed by atoms with van der Waals surface area (Å²) in [6.45, 7) is 11.7. The van der Waals surface area contributed by atoms with Gasteiger partial charge in [-0.3, -0.25) is 4.90 Å². The maximum Gasteiger partial charge on any atom is 0.0110 e. The van der Waals surface area contributed by atoms with Gasteiger partial charge in [-0.1, -0.05) is 33.1 Å². The molecule has 0 spiro atoms. The predicted molar refractivity (Wildman–Crippen MR) is 76.4 cm³/mol. The lowest BCUT2D eigenvalue weighted by atomic mass is 9.89. The Morgan fingerprint density at radius 1 is 1.18 bits per heavy atom. The van der Waals surface area contributed by atoms with Crippen molar-refractivity contribution in [3.63, 3.8) is 0 Å². The van der Waals surface area contributed by atoms with Gasteiger partial charge in [-0.15, -0.1) is 0 Å². The maximum atomic E-state index is 3.66. The van der Waals surface area contributed by atoms with Gasteiger partial charge in [-0.05, 0) is 45.2 Å². The molecule has 1 aliphatic rings. The first-order chi connectivity index (χ1) is 8.27. The molecule has 0 saturated heterocycles. The van der Waals surface area contributed by atoms with Crippen molar-refractivity contribution in [3.05, 3.63) is 0 Å². The fourth-order valence-corrected chi connectivity index (χ4v) is 2.87. The number of rotatable bonds is 8. The normalized spacial score (nSPS) is 19.8. The third-order valence-electron chi connectivity index (χ3n) is 4.35. The van der Waals surface area contributed by atoms with Crippen LogP contribution in [0.15, 0.2) is 0 Å². The Hall–Kier alpha value is -0.0800. The van der Waals surface area contributed by atoms with Crippen LogP contribution >= 0.6 is 0 Å². The van der Waals surface area contributed by atoms with Crippen LogP contribution < -0.4 is 5.32 Å². The molecule has 1 atom stereocenters. The van der Waals surface area contributed by atoms with E-state index in [0.717, 1.165) is 18.5 Å². The molecule has 0 aromatic rings. The van der Waals surface area contributed by atoms with E-state index in [2.05, 4.69) is 31.0 Å². The molecule has 0 heterocycles. The van der Waals surface area contributed by atoms with E-state index < -0.39 is 0 Å². The fourth-order valence-electron chi connectivity index (χ4n) is 2.87. The minimum atomic E-state index is 0.733. The Morgan fingerprint density at radius 2 is 1.88 bits per heavy atom. The lowest BCUT2D eigenvalue weighted by Gasteiger charge is -2.28. The Bertz CT molecular complexity index is 176. The SMILES string of the molecule is CCC(C)N(CC)CCNCC1CCCCC1. The summed E-state index contributed by atoms with van der Waals surface area (Å²) < 4.78 is 0. The summed E-state index contributed by atoms with van der Waals surface area (Å²) in [5.74, 6) is 0.961. The molecule has 1 rings (SSSR count). The molecule has 0 aromatic carbocycles. The van der Waals surface area contributed by atoms with Crippen molar-refractivity contribution in [2.75, 3.05) is 26.2 Å². The second-order valence-corrected chi connectivity index (χ2v) is 5.59. The molecule has 17 heavy (non-hydrogen) atoms. The van der Waals surface area contributed by atoms with E-state index in [1.165, 1.54) is 58.2 Å². The van der Waals surface area contributed by atoms with Crippen molar-refractivity contribution in [2.24, 2.45) is 5.92 Å². The summed E-state index contributed by atoms with van der Waals surface area (Å²) in [5, 5.41) is 3.66. The van der Waals surface area contributed by atoms with Gasteiger partial charge in [0.15, 0.2) is 0 Å². The molecule has 2 heteroatoms. The van der Waals surface area contributed by atoms with Gasteiger partial charge in [-0.25, -0.2) is 0 Å². The van der Waals surface area contributed by atoms with Gasteiger partial charge < -0.3 is 5.32 Å². The zero-order valence-electron chi connectivity index (χ0n) is 12.2. The number of nitrogens with one attached hydrogen (secondary N) is 1. The monoisotopic (exact) mass is 240 g/mol. The van der Waals surface area contributed by atoms with Crippen LogP contribution in [0, 0.1) is 5.92 Å². The van der Waals surface area contributed by atoms with Gasteiger partial charge in [0, 0.05) is 19.1 Å². The van der Waals surface area contributed by atoms with Crippen LogP contribution in [-0.4, -0.2) is 37.1 Å². The second-order valence-electron chi connectivity index (χ2n) is 5.59. The van der Waals surface area contributed by atoms with E-state index in [1.54, 1.807) is 0 Å². The first-order valence-electron chi connectivity index (χ1n) is 7.72. The molecule has 0 amide bonds.